The minimum Gasteiger partial charge on any atom is -0.329 e. The number of amides is 1. The number of unbranched alkanes of at least 4 members (excludes halogenated alkanes) is 3. The minimum absolute atomic E-state index is 0.103. The number of aromatic nitrogens is 2. The normalized spacial score (nSPS) is 12.0. The molecule has 6 heteroatoms. The Morgan fingerprint density at radius 3 is 2.36 bits per heavy atom. The SMILES string of the molecule is CCCCCCN(C(=O)c1ccc(Cl)cc1)C(C)c1nc2ccccc2c(=O)n1-c1ccc(C)cc1. The van der Waals surface area contributed by atoms with E-state index in [9.17, 15) is 9.59 Å². The van der Waals surface area contributed by atoms with E-state index in [1.54, 1.807) is 34.9 Å². The number of aryl methyl sites for hydroxylation is 1. The molecule has 1 unspecified atom stereocenters. The molecule has 186 valence electrons. The Morgan fingerprint density at radius 1 is 0.972 bits per heavy atom. The van der Waals surface area contributed by atoms with Crippen molar-refractivity contribution in [1.29, 1.82) is 0 Å². The van der Waals surface area contributed by atoms with E-state index < -0.39 is 6.04 Å². The van der Waals surface area contributed by atoms with Gasteiger partial charge in [-0.25, -0.2) is 4.98 Å². The van der Waals surface area contributed by atoms with Crippen molar-refractivity contribution in [3.63, 3.8) is 0 Å². The van der Waals surface area contributed by atoms with Crippen molar-refractivity contribution in [2.45, 2.75) is 52.5 Å². The molecule has 0 saturated carbocycles. The Labute approximate surface area is 217 Å². The number of carbonyl (C=O) groups excluding carboxylic acids is 1. The van der Waals surface area contributed by atoms with Crippen LogP contribution in [0.3, 0.4) is 0 Å². The first-order valence-corrected chi connectivity index (χ1v) is 12.9. The molecule has 0 saturated heterocycles. The molecule has 1 atom stereocenters. The summed E-state index contributed by atoms with van der Waals surface area (Å²) in [6, 6.07) is 21.7. The van der Waals surface area contributed by atoms with Crippen LogP contribution in [0.4, 0.5) is 0 Å². The summed E-state index contributed by atoms with van der Waals surface area (Å²) in [5.74, 6) is 0.439. The lowest BCUT2D eigenvalue weighted by atomic mass is 10.1. The summed E-state index contributed by atoms with van der Waals surface area (Å²) >= 11 is 6.07. The van der Waals surface area contributed by atoms with E-state index in [0.29, 0.717) is 33.9 Å². The molecular weight excluding hydrogens is 470 g/mol. The quantitative estimate of drug-likeness (QED) is 0.229. The van der Waals surface area contributed by atoms with Gasteiger partial charge in [0.25, 0.3) is 11.5 Å². The highest BCUT2D eigenvalue weighted by Crippen LogP contribution is 2.26. The van der Waals surface area contributed by atoms with Gasteiger partial charge in [0.1, 0.15) is 5.82 Å². The van der Waals surface area contributed by atoms with Gasteiger partial charge in [0, 0.05) is 17.1 Å². The molecule has 5 nitrogen and oxygen atoms in total. The van der Waals surface area contributed by atoms with E-state index in [-0.39, 0.29) is 11.5 Å². The lowest BCUT2D eigenvalue weighted by Crippen LogP contribution is -2.38. The van der Waals surface area contributed by atoms with Crippen LogP contribution in [0, 0.1) is 6.92 Å². The Balaban J connectivity index is 1.84. The number of halogens is 1. The molecule has 0 N–H and O–H groups in total. The molecular formula is C30H32ClN3O2. The second kappa shape index (κ2) is 11.5. The van der Waals surface area contributed by atoms with Crippen LogP contribution in [-0.2, 0) is 0 Å². The zero-order valence-corrected chi connectivity index (χ0v) is 21.8. The third-order valence-electron chi connectivity index (χ3n) is 6.54. The molecule has 36 heavy (non-hydrogen) atoms. The lowest BCUT2D eigenvalue weighted by molar-refractivity contribution is 0.0677. The van der Waals surface area contributed by atoms with Gasteiger partial charge in [-0.3, -0.25) is 14.2 Å². The molecule has 0 fully saturated rings. The largest absolute Gasteiger partial charge is 0.329 e. The van der Waals surface area contributed by atoms with Crippen molar-refractivity contribution in [1.82, 2.24) is 14.5 Å². The van der Waals surface area contributed by atoms with Gasteiger partial charge in [0.15, 0.2) is 0 Å². The van der Waals surface area contributed by atoms with Crippen molar-refractivity contribution >= 4 is 28.4 Å². The van der Waals surface area contributed by atoms with Crippen LogP contribution in [-0.4, -0.2) is 26.9 Å². The molecule has 1 aromatic heterocycles. The van der Waals surface area contributed by atoms with E-state index in [1.807, 2.05) is 61.2 Å². The molecule has 0 bridgehead atoms. The highest BCUT2D eigenvalue weighted by Gasteiger charge is 2.27. The predicted molar refractivity (Wildman–Crippen MR) is 147 cm³/mol. The first-order valence-electron chi connectivity index (χ1n) is 12.6. The molecule has 0 spiro atoms. The predicted octanol–water partition coefficient (Wildman–Crippen LogP) is 7.13. The second-order valence-electron chi connectivity index (χ2n) is 9.21. The third kappa shape index (κ3) is 5.52. The number of fused-ring (bicyclic) bond motifs is 1. The van der Waals surface area contributed by atoms with Crippen LogP contribution in [0.25, 0.3) is 16.6 Å². The number of rotatable bonds is 9. The molecule has 0 aliphatic rings. The van der Waals surface area contributed by atoms with Gasteiger partial charge < -0.3 is 4.90 Å². The molecule has 0 aliphatic carbocycles. The van der Waals surface area contributed by atoms with E-state index in [4.69, 9.17) is 16.6 Å². The third-order valence-corrected chi connectivity index (χ3v) is 6.79. The standard InChI is InChI=1S/C30H32ClN3O2/c1-4-5-6-9-20-33(29(35)23-14-16-24(31)17-15-23)22(3)28-32-27-11-8-7-10-26(27)30(36)34(28)25-18-12-21(2)13-19-25/h7-8,10-19,22H,4-6,9,20H2,1-3H3. The van der Waals surface area contributed by atoms with Gasteiger partial charge in [0.05, 0.1) is 22.6 Å². The van der Waals surface area contributed by atoms with Gasteiger partial charge >= 0.3 is 0 Å². The van der Waals surface area contributed by atoms with Crippen LogP contribution < -0.4 is 5.56 Å². The molecule has 0 aliphatic heterocycles. The maximum Gasteiger partial charge on any atom is 0.266 e. The zero-order valence-electron chi connectivity index (χ0n) is 21.1. The fourth-order valence-electron chi connectivity index (χ4n) is 4.45. The van der Waals surface area contributed by atoms with Gasteiger partial charge in [-0.15, -0.1) is 0 Å². The fraction of sp³-hybridized carbons (Fsp3) is 0.300. The van der Waals surface area contributed by atoms with Gasteiger partial charge in [-0.1, -0.05) is 67.6 Å². The van der Waals surface area contributed by atoms with Crippen molar-refractivity contribution in [2.75, 3.05) is 6.54 Å². The number of nitrogens with zero attached hydrogens (tertiary/aromatic N) is 3. The fourth-order valence-corrected chi connectivity index (χ4v) is 4.58. The maximum atomic E-state index is 13.7. The van der Waals surface area contributed by atoms with Gasteiger partial charge in [-0.2, -0.15) is 0 Å². The van der Waals surface area contributed by atoms with Gasteiger partial charge in [0.2, 0.25) is 0 Å². The van der Waals surface area contributed by atoms with Crippen molar-refractivity contribution in [2.24, 2.45) is 0 Å². The van der Waals surface area contributed by atoms with E-state index in [2.05, 4.69) is 6.92 Å². The minimum atomic E-state index is -0.437. The molecule has 4 rings (SSSR count). The summed E-state index contributed by atoms with van der Waals surface area (Å²) < 4.78 is 1.65. The molecule has 1 heterocycles. The highest BCUT2D eigenvalue weighted by atomic mass is 35.5. The molecule has 3 aromatic carbocycles. The number of benzene rings is 3. The first-order chi connectivity index (χ1) is 17.4. The summed E-state index contributed by atoms with van der Waals surface area (Å²) in [7, 11) is 0. The van der Waals surface area contributed by atoms with Crippen LogP contribution >= 0.6 is 11.6 Å². The van der Waals surface area contributed by atoms with Gasteiger partial charge in [-0.05, 0) is 68.8 Å². The zero-order chi connectivity index (χ0) is 25.7. The Morgan fingerprint density at radius 2 is 1.67 bits per heavy atom. The Bertz CT molecular complexity index is 1390. The molecule has 4 aromatic rings. The van der Waals surface area contributed by atoms with E-state index in [0.717, 1.165) is 36.9 Å². The Hall–Kier alpha value is -3.44. The van der Waals surface area contributed by atoms with Crippen LogP contribution in [0.5, 0.6) is 0 Å². The van der Waals surface area contributed by atoms with Crippen LogP contribution in [0.15, 0.2) is 77.6 Å². The monoisotopic (exact) mass is 501 g/mol. The average molecular weight is 502 g/mol. The lowest BCUT2D eigenvalue weighted by Gasteiger charge is -2.31. The summed E-state index contributed by atoms with van der Waals surface area (Å²) in [5.41, 5.74) is 2.88. The van der Waals surface area contributed by atoms with Crippen molar-refractivity contribution in [3.8, 4) is 5.69 Å². The van der Waals surface area contributed by atoms with Crippen LogP contribution in [0.2, 0.25) is 5.02 Å². The highest BCUT2D eigenvalue weighted by molar-refractivity contribution is 6.30. The summed E-state index contributed by atoms with van der Waals surface area (Å²) in [4.78, 5) is 34.3. The summed E-state index contributed by atoms with van der Waals surface area (Å²) in [6.07, 6.45) is 4.13. The number of hydrogen-bond acceptors (Lipinski definition) is 3. The second-order valence-corrected chi connectivity index (χ2v) is 9.64. The summed E-state index contributed by atoms with van der Waals surface area (Å²) in [6.45, 7) is 6.70. The molecule has 1 amide bonds. The maximum absolute atomic E-state index is 13.7. The molecule has 0 radical (unpaired) electrons. The average Bonchev–Trinajstić information content (AvgIpc) is 2.89. The summed E-state index contributed by atoms with van der Waals surface area (Å²) in [5, 5.41) is 1.13. The number of carbonyl (C=O) groups is 1. The van der Waals surface area contributed by atoms with Crippen molar-refractivity contribution in [3.05, 3.63) is 105 Å². The van der Waals surface area contributed by atoms with Crippen molar-refractivity contribution < 1.29 is 4.79 Å². The van der Waals surface area contributed by atoms with E-state index >= 15 is 0 Å². The first kappa shape index (κ1) is 25.6. The van der Waals surface area contributed by atoms with Crippen LogP contribution in [0.1, 0.15) is 67.3 Å². The Kier molecular flexibility index (Phi) is 8.21. The number of para-hydroxylation sites is 1. The van der Waals surface area contributed by atoms with E-state index in [1.165, 1.54) is 0 Å². The number of hydrogen-bond donors (Lipinski definition) is 0. The smallest absolute Gasteiger partial charge is 0.266 e. The topological polar surface area (TPSA) is 55.2 Å².